The first-order valence-electron chi connectivity index (χ1n) is 12.1. The van der Waals surface area contributed by atoms with Crippen LogP contribution in [0, 0.1) is 5.82 Å². The number of carbonyl (C=O) groups excluding carboxylic acids is 2. The van der Waals surface area contributed by atoms with E-state index in [9.17, 15) is 14.0 Å². The van der Waals surface area contributed by atoms with Crippen LogP contribution in [0.5, 0.6) is 0 Å². The summed E-state index contributed by atoms with van der Waals surface area (Å²) < 4.78 is 14.9. The highest BCUT2D eigenvalue weighted by molar-refractivity contribution is 6.22. The molecule has 1 unspecified atom stereocenters. The number of anilines is 4. The molecule has 1 aliphatic carbocycles. The van der Waals surface area contributed by atoms with Crippen LogP contribution in [-0.4, -0.2) is 60.5 Å². The Morgan fingerprint density at radius 2 is 1.91 bits per heavy atom. The molecule has 0 bridgehead atoms. The molecular formula is C24H28FN7O2. The number of piperazine rings is 1. The molecule has 9 nitrogen and oxygen atoms in total. The third-order valence-electron chi connectivity index (χ3n) is 7.57. The standard InChI is InChI=1S/C24H28FN7O2/c25-18-13-15(5-6-19(18)31-11-9-26-10-12-31)29-23-28-14-17-20(30-23)32(16-3-1-2-4-16)22(34)24(17)7-8-27-21(24)33/h5-6,13-14,16,26H,1-4,7-12H2,(H,27,33)(H,28,29,30). The maximum absolute atomic E-state index is 14.9. The van der Waals surface area contributed by atoms with E-state index in [0.29, 0.717) is 35.7 Å². The average Bonchev–Trinajstić information content (AvgIpc) is 3.55. The van der Waals surface area contributed by atoms with Gasteiger partial charge in [-0.2, -0.15) is 4.98 Å². The van der Waals surface area contributed by atoms with Crippen LogP contribution in [0.15, 0.2) is 24.4 Å². The van der Waals surface area contributed by atoms with Crippen molar-refractivity contribution < 1.29 is 14.0 Å². The summed E-state index contributed by atoms with van der Waals surface area (Å²) in [5.41, 5.74) is 0.453. The number of halogens is 1. The molecule has 2 amide bonds. The van der Waals surface area contributed by atoms with Crippen molar-refractivity contribution in [2.24, 2.45) is 0 Å². The van der Waals surface area contributed by atoms with Gasteiger partial charge in [-0.05, 0) is 37.5 Å². The second kappa shape index (κ2) is 8.19. The van der Waals surface area contributed by atoms with Crippen molar-refractivity contribution >= 4 is 35.0 Å². The fourth-order valence-electron chi connectivity index (χ4n) is 5.80. The summed E-state index contributed by atoms with van der Waals surface area (Å²) in [4.78, 5) is 39.3. The molecule has 178 valence electrons. The fraction of sp³-hybridized carbons (Fsp3) is 0.500. The molecule has 1 atom stereocenters. The number of nitrogens with one attached hydrogen (secondary N) is 3. The number of carbonyl (C=O) groups is 2. The predicted molar refractivity (Wildman–Crippen MR) is 126 cm³/mol. The van der Waals surface area contributed by atoms with Crippen LogP contribution >= 0.6 is 0 Å². The minimum Gasteiger partial charge on any atom is -0.367 e. The predicted octanol–water partition coefficient (Wildman–Crippen LogP) is 1.82. The first-order chi connectivity index (χ1) is 16.6. The van der Waals surface area contributed by atoms with Crippen LogP contribution in [-0.2, 0) is 15.0 Å². The average molecular weight is 466 g/mol. The number of hydrogen-bond donors (Lipinski definition) is 3. The minimum atomic E-state index is -1.23. The van der Waals surface area contributed by atoms with Gasteiger partial charge in [0.15, 0.2) is 5.41 Å². The van der Waals surface area contributed by atoms with Crippen molar-refractivity contribution in [1.82, 2.24) is 20.6 Å². The van der Waals surface area contributed by atoms with Gasteiger partial charge in [0.25, 0.3) is 0 Å². The van der Waals surface area contributed by atoms with Crippen molar-refractivity contribution in [3.8, 4) is 0 Å². The Morgan fingerprint density at radius 3 is 2.62 bits per heavy atom. The SMILES string of the molecule is O=C1NCCC12C(=O)N(C1CCCC1)c1nc(Nc3ccc(N4CCNCC4)c(F)c3)ncc12. The molecule has 3 aliphatic heterocycles. The molecule has 3 fully saturated rings. The zero-order valence-corrected chi connectivity index (χ0v) is 18.9. The van der Waals surface area contributed by atoms with Gasteiger partial charge >= 0.3 is 0 Å². The zero-order chi connectivity index (χ0) is 23.3. The summed E-state index contributed by atoms with van der Waals surface area (Å²) in [6, 6.07) is 5.06. The van der Waals surface area contributed by atoms with Gasteiger partial charge < -0.3 is 20.9 Å². The molecule has 1 saturated carbocycles. The Kier molecular flexibility index (Phi) is 5.13. The molecule has 6 rings (SSSR count). The molecule has 4 aliphatic rings. The Morgan fingerprint density at radius 1 is 1.12 bits per heavy atom. The number of amides is 2. The Labute approximate surface area is 197 Å². The van der Waals surface area contributed by atoms with Gasteiger partial charge in [0.2, 0.25) is 17.8 Å². The number of rotatable bonds is 4. The summed E-state index contributed by atoms with van der Waals surface area (Å²) in [5, 5.41) is 9.18. The van der Waals surface area contributed by atoms with Gasteiger partial charge in [0.1, 0.15) is 11.6 Å². The molecule has 4 heterocycles. The summed E-state index contributed by atoms with van der Waals surface area (Å²) in [5.74, 6) is 0.0116. The van der Waals surface area contributed by atoms with E-state index < -0.39 is 5.41 Å². The summed E-state index contributed by atoms with van der Waals surface area (Å²) in [7, 11) is 0. The Bertz CT molecular complexity index is 1150. The third kappa shape index (κ3) is 3.23. The second-order valence-corrected chi connectivity index (χ2v) is 9.48. The topological polar surface area (TPSA) is 102 Å². The number of hydrogen-bond acceptors (Lipinski definition) is 7. The third-order valence-corrected chi connectivity index (χ3v) is 7.57. The maximum atomic E-state index is 14.9. The molecule has 2 saturated heterocycles. The smallest absolute Gasteiger partial charge is 0.248 e. The van der Waals surface area contributed by atoms with Crippen molar-refractivity contribution in [2.75, 3.05) is 47.8 Å². The molecule has 1 aromatic heterocycles. The quantitative estimate of drug-likeness (QED) is 0.592. The van der Waals surface area contributed by atoms with E-state index in [1.165, 1.54) is 6.07 Å². The van der Waals surface area contributed by atoms with Crippen LogP contribution in [0.2, 0.25) is 0 Å². The van der Waals surface area contributed by atoms with Crippen molar-refractivity contribution in [3.05, 3.63) is 35.8 Å². The van der Waals surface area contributed by atoms with E-state index in [0.717, 1.165) is 51.9 Å². The molecule has 0 radical (unpaired) electrons. The van der Waals surface area contributed by atoms with Gasteiger partial charge in [0.05, 0.1) is 5.69 Å². The monoisotopic (exact) mass is 465 g/mol. The normalized spacial score (nSPS) is 24.7. The summed E-state index contributed by atoms with van der Waals surface area (Å²) in [6.45, 7) is 3.65. The van der Waals surface area contributed by atoms with Gasteiger partial charge in [-0.1, -0.05) is 12.8 Å². The van der Waals surface area contributed by atoms with E-state index in [1.807, 2.05) is 11.0 Å². The van der Waals surface area contributed by atoms with Crippen LogP contribution in [0.1, 0.15) is 37.7 Å². The van der Waals surface area contributed by atoms with E-state index in [-0.39, 0.29) is 29.6 Å². The Hall–Kier alpha value is -3.27. The van der Waals surface area contributed by atoms with Gasteiger partial charge in [-0.15, -0.1) is 0 Å². The second-order valence-electron chi connectivity index (χ2n) is 9.48. The lowest BCUT2D eigenvalue weighted by molar-refractivity contribution is -0.133. The number of benzene rings is 1. The summed E-state index contributed by atoms with van der Waals surface area (Å²) >= 11 is 0. The molecule has 1 aromatic carbocycles. The van der Waals surface area contributed by atoms with Crippen molar-refractivity contribution in [1.29, 1.82) is 0 Å². The minimum absolute atomic E-state index is 0.0394. The Balaban J connectivity index is 1.32. The number of aromatic nitrogens is 2. The van der Waals surface area contributed by atoms with E-state index in [4.69, 9.17) is 0 Å². The lowest BCUT2D eigenvalue weighted by Crippen LogP contribution is -2.48. The first kappa shape index (κ1) is 21.3. The van der Waals surface area contributed by atoms with Gasteiger partial charge in [0, 0.05) is 56.2 Å². The van der Waals surface area contributed by atoms with Crippen molar-refractivity contribution in [3.63, 3.8) is 0 Å². The fourth-order valence-corrected chi connectivity index (χ4v) is 5.80. The van der Waals surface area contributed by atoms with Crippen LogP contribution in [0.3, 0.4) is 0 Å². The molecule has 34 heavy (non-hydrogen) atoms. The van der Waals surface area contributed by atoms with Crippen LogP contribution in [0.4, 0.5) is 27.5 Å². The van der Waals surface area contributed by atoms with Crippen LogP contribution in [0.25, 0.3) is 0 Å². The lowest BCUT2D eigenvalue weighted by atomic mass is 9.81. The molecule has 3 N–H and O–H groups in total. The van der Waals surface area contributed by atoms with E-state index >= 15 is 0 Å². The molecule has 1 spiro atoms. The highest BCUT2D eigenvalue weighted by Gasteiger charge is 2.60. The van der Waals surface area contributed by atoms with Crippen molar-refractivity contribution in [2.45, 2.75) is 43.6 Å². The highest BCUT2D eigenvalue weighted by Crippen LogP contribution is 2.47. The molecule has 10 heteroatoms. The molecular weight excluding hydrogens is 437 g/mol. The van der Waals surface area contributed by atoms with Gasteiger partial charge in [-0.3, -0.25) is 14.5 Å². The first-order valence-corrected chi connectivity index (χ1v) is 12.1. The largest absolute Gasteiger partial charge is 0.367 e. The van der Waals surface area contributed by atoms with E-state index in [2.05, 4.69) is 25.9 Å². The van der Waals surface area contributed by atoms with Crippen LogP contribution < -0.4 is 25.8 Å². The highest BCUT2D eigenvalue weighted by atomic mass is 19.1. The summed E-state index contributed by atoms with van der Waals surface area (Å²) in [6.07, 6.45) is 5.90. The maximum Gasteiger partial charge on any atom is 0.248 e. The number of nitrogens with zero attached hydrogens (tertiary/aromatic N) is 4. The number of fused-ring (bicyclic) bond motifs is 2. The molecule has 2 aromatic rings. The van der Waals surface area contributed by atoms with E-state index in [1.54, 1.807) is 17.2 Å². The van der Waals surface area contributed by atoms with Gasteiger partial charge in [-0.25, -0.2) is 9.37 Å². The lowest BCUT2D eigenvalue weighted by Gasteiger charge is -2.29. The zero-order valence-electron chi connectivity index (χ0n) is 18.9.